The fourth-order valence-electron chi connectivity index (χ4n) is 1.71. The Bertz CT molecular complexity index is 452. The van der Waals surface area contributed by atoms with E-state index in [1.807, 2.05) is 13.8 Å². The number of methoxy groups -OCH3 is 1. The summed E-state index contributed by atoms with van der Waals surface area (Å²) in [5, 5.41) is 9.51. The normalized spacial score (nSPS) is 11.7. The van der Waals surface area contributed by atoms with Crippen LogP contribution in [0.4, 0.5) is 0 Å². The molecular weight excluding hydrogens is 280 g/mol. The number of carbonyl (C=O) groups is 1. The van der Waals surface area contributed by atoms with Crippen LogP contribution in [0, 0.1) is 5.92 Å². The van der Waals surface area contributed by atoms with Gasteiger partial charge in [0.1, 0.15) is 0 Å². The van der Waals surface area contributed by atoms with Gasteiger partial charge in [0.2, 0.25) is 5.91 Å². The molecule has 0 aliphatic heterocycles. The van der Waals surface area contributed by atoms with Gasteiger partial charge >= 0.3 is 0 Å². The van der Waals surface area contributed by atoms with Gasteiger partial charge in [0.15, 0.2) is 11.5 Å². The topological polar surface area (TPSA) is 75.8 Å². The van der Waals surface area contributed by atoms with Crippen LogP contribution in [-0.4, -0.2) is 36.1 Å². The van der Waals surface area contributed by atoms with Gasteiger partial charge in [0.05, 0.1) is 13.2 Å². The minimum atomic E-state index is -0.496. The third kappa shape index (κ3) is 4.58. The Kier molecular flexibility index (Phi) is 7.39. The number of phenols is 1. The second kappa shape index (κ2) is 7.97. The number of likely N-dealkylation sites (N-methyl/N-ethyl adjacent to an activating group) is 1. The lowest BCUT2D eigenvalue weighted by Crippen LogP contribution is -2.44. The van der Waals surface area contributed by atoms with E-state index in [0.717, 1.165) is 5.56 Å². The summed E-state index contributed by atoms with van der Waals surface area (Å²) < 4.78 is 5.04. The Morgan fingerprint density at radius 1 is 1.45 bits per heavy atom. The first-order valence-corrected chi connectivity index (χ1v) is 6.23. The lowest BCUT2D eigenvalue weighted by molar-refractivity contribution is -0.132. The molecule has 1 aromatic rings. The van der Waals surface area contributed by atoms with Crippen LogP contribution < -0.4 is 10.5 Å². The fourth-order valence-corrected chi connectivity index (χ4v) is 1.71. The van der Waals surface area contributed by atoms with Crippen molar-refractivity contribution in [2.75, 3.05) is 14.2 Å². The van der Waals surface area contributed by atoms with E-state index < -0.39 is 6.04 Å². The molecule has 5 nitrogen and oxygen atoms in total. The number of hydrogen-bond acceptors (Lipinski definition) is 4. The zero-order valence-electron chi connectivity index (χ0n) is 12.3. The van der Waals surface area contributed by atoms with E-state index in [4.69, 9.17) is 10.5 Å². The van der Waals surface area contributed by atoms with E-state index in [0.29, 0.717) is 12.3 Å². The highest BCUT2D eigenvalue weighted by atomic mass is 35.5. The maximum Gasteiger partial charge on any atom is 0.239 e. The number of aromatic hydroxyl groups is 1. The molecule has 1 rings (SSSR count). The third-order valence-corrected chi connectivity index (χ3v) is 3.04. The quantitative estimate of drug-likeness (QED) is 0.869. The van der Waals surface area contributed by atoms with Crippen LogP contribution in [0.2, 0.25) is 0 Å². The van der Waals surface area contributed by atoms with Crippen molar-refractivity contribution in [1.82, 2.24) is 4.90 Å². The number of benzene rings is 1. The zero-order valence-corrected chi connectivity index (χ0v) is 13.1. The summed E-state index contributed by atoms with van der Waals surface area (Å²) >= 11 is 0. The van der Waals surface area contributed by atoms with Gasteiger partial charge in [0.25, 0.3) is 0 Å². The van der Waals surface area contributed by atoms with Gasteiger partial charge in [-0.05, 0) is 23.6 Å². The van der Waals surface area contributed by atoms with Crippen molar-refractivity contribution in [1.29, 1.82) is 0 Å². The monoisotopic (exact) mass is 302 g/mol. The van der Waals surface area contributed by atoms with E-state index in [1.54, 1.807) is 30.1 Å². The number of hydrogen-bond donors (Lipinski definition) is 2. The predicted molar refractivity (Wildman–Crippen MR) is 81.2 cm³/mol. The predicted octanol–water partition coefficient (Wildman–Crippen LogP) is 1.76. The van der Waals surface area contributed by atoms with Crippen molar-refractivity contribution in [2.45, 2.75) is 26.4 Å². The smallest absolute Gasteiger partial charge is 0.239 e. The van der Waals surface area contributed by atoms with Crippen LogP contribution in [0.5, 0.6) is 11.5 Å². The number of carbonyl (C=O) groups excluding carboxylic acids is 1. The van der Waals surface area contributed by atoms with Gasteiger partial charge in [0, 0.05) is 13.6 Å². The van der Waals surface area contributed by atoms with Crippen LogP contribution in [0.25, 0.3) is 0 Å². The highest BCUT2D eigenvalue weighted by Crippen LogP contribution is 2.26. The fraction of sp³-hybridized carbons (Fsp3) is 0.500. The van der Waals surface area contributed by atoms with E-state index in [9.17, 15) is 9.90 Å². The number of nitrogens with two attached hydrogens (primary N) is 1. The van der Waals surface area contributed by atoms with E-state index in [2.05, 4.69) is 0 Å². The molecule has 0 radical (unpaired) electrons. The molecule has 0 bridgehead atoms. The molecule has 0 aliphatic carbocycles. The number of ether oxygens (including phenoxy) is 1. The van der Waals surface area contributed by atoms with Gasteiger partial charge in [-0.3, -0.25) is 4.79 Å². The van der Waals surface area contributed by atoms with Gasteiger partial charge in [-0.2, -0.15) is 0 Å². The first-order valence-electron chi connectivity index (χ1n) is 6.23. The summed E-state index contributed by atoms with van der Waals surface area (Å²) in [7, 11) is 3.20. The minimum absolute atomic E-state index is 0. The lowest BCUT2D eigenvalue weighted by atomic mass is 10.0. The summed E-state index contributed by atoms with van der Waals surface area (Å²) in [6, 6.07) is 4.52. The molecular formula is C14H23ClN2O3. The first-order chi connectivity index (χ1) is 8.86. The molecule has 20 heavy (non-hydrogen) atoms. The van der Waals surface area contributed by atoms with E-state index >= 15 is 0 Å². The standard InChI is InChI=1S/C14H22N2O3.ClH/c1-9(2)13(15)14(18)16(3)8-10-5-6-11(17)12(7-10)19-4;/h5-7,9,13,17H,8,15H2,1-4H3;1H/t13-;/m1./s1. The maximum absolute atomic E-state index is 12.0. The van der Waals surface area contributed by atoms with Gasteiger partial charge < -0.3 is 20.5 Å². The molecule has 0 saturated heterocycles. The molecule has 1 aromatic carbocycles. The number of amides is 1. The average molecular weight is 303 g/mol. The van der Waals surface area contributed by atoms with Crippen LogP contribution in [0.1, 0.15) is 19.4 Å². The minimum Gasteiger partial charge on any atom is -0.504 e. The molecule has 0 spiro atoms. The molecule has 3 N–H and O–H groups in total. The molecule has 0 unspecified atom stereocenters. The molecule has 0 fully saturated rings. The molecule has 114 valence electrons. The first kappa shape index (κ1) is 18.5. The Morgan fingerprint density at radius 3 is 2.55 bits per heavy atom. The van der Waals surface area contributed by atoms with Crippen molar-refractivity contribution in [3.05, 3.63) is 23.8 Å². The largest absolute Gasteiger partial charge is 0.504 e. The van der Waals surface area contributed by atoms with Crippen molar-refractivity contribution in [3.63, 3.8) is 0 Å². The summed E-state index contributed by atoms with van der Waals surface area (Å²) in [5.74, 6) is 0.483. The van der Waals surface area contributed by atoms with Crippen LogP contribution in [-0.2, 0) is 11.3 Å². The number of phenolic OH excluding ortho intramolecular Hbond substituents is 1. The molecule has 0 aliphatic rings. The molecule has 0 saturated carbocycles. The summed E-state index contributed by atoms with van der Waals surface area (Å²) in [6.07, 6.45) is 0. The maximum atomic E-state index is 12.0. The summed E-state index contributed by atoms with van der Waals surface area (Å²) in [6.45, 7) is 4.26. The van der Waals surface area contributed by atoms with Crippen molar-refractivity contribution in [3.8, 4) is 11.5 Å². The Hall–Kier alpha value is -1.46. The van der Waals surface area contributed by atoms with Crippen LogP contribution in [0.3, 0.4) is 0 Å². The van der Waals surface area contributed by atoms with E-state index in [1.165, 1.54) is 7.11 Å². The highest BCUT2D eigenvalue weighted by molar-refractivity contribution is 5.85. The number of nitrogens with zero attached hydrogens (tertiary/aromatic N) is 1. The third-order valence-electron chi connectivity index (χ3n) is 3.04. The zero-order chi connectivity index (χ0) is 14.6. The number of halogens is 1. The second-order valence-corrected chi connectivity index (χ2v) is 4.97. The van der Waals surface area contributed by atoms with Gasteiger partial charge in [-0.1, -0.05) is 19.9 Å². The van der Waals surface area contributed by atoms with Gasteiger partial charge in [-0.15, -0.1) is 12.4 Å². The lowest BCUT2D eigenvalue weighted by Gasteiger charge is -2.23. The van der Waals surface area contributed by atoms with Crippen LogP contribution in [0.15, 0.2) is 18.2 Å². The Morgan fingerprint density at radius 2 is 2.05 bits per heavy atom. The second-order valence-electron chi connectivity index (χ2n) is 4.97. The molecule has 1 amide bonds. The molecule has 6 heteroatoms. The summed E-state index contributed by atoms with van der Waals surface area (Å²) in [4.78, 5) is 13.6. The highest BCUT2D eigenvalue weighted by Gasteiger charge is 2.21. The van der Waals surface area contributed by atoms with Crippen molar-refractivity contribution < 1.29 is 14.6 Å². The SMILES string of the molecule is COc1cc(CN(C)C(=O)[C@H](N)C(C)C)ccc1O.Cl. The van der Waals surface area contributed by atoms with Crippen LogP contribution >= 0.6 is 12.4 Å². The van der Waals surface area contributed by atoms with Crippen molar-refractivity contribution in [2.24, 2.45) is 11.7 Å². The van der Waals surface area contributed by atoms with Gasteiger partial charge in [-0.25, -0.2) is 0 Å². The molecule has 0 heterocycles. The Labute approximate surface area is 126 Å². The molecule has 0 aromatic heterocycles. The average Bonchev–Trinajstić information content (AvgIpc) is 2.38. The Balaban J connectivity index is 0.00000361. The summed E-state index contributed by atoms with van der Waals surface area (Å²) in [5.41, 5.74) is 6.72. The van der Waals surface area contributed by atoms with E-state index in [-0.39, 0.29) is 30.0 Å². The molecule has 1 atom stereocenters. The number of rotatable bonds is 5. The van der Waals surface area contributed by atoms with Crippen molar-refractivity contribution >= 4 is 18.3 Å².